The molecule has 2 heteroatoms. The molecule has 1 N–H and O–H groups in total. The van der Waals surface area contributed by atoms with Gasteiger partial charge in [-0.3, -0.25) is 0 Å². The third-order valence-corrected chi connectivity index (χ3v) is 2.61. The quantitative estimate of drug-likeness (QED) is 0.785. The SMILES string of the molecule is [c]1ccccc1OCC1CCNCC1. The monoisotopic (exact) mass is 190 g/mol. The van der Waals surface area contributed by atoms with Crippen LogP contribution in [0.4, 0.5) is 0 Å². The molecule has 0 atom stereocenters. The molecule has 0 bridgehead atoms. The van der Waals surface area contributed by atoms with Gasteiger partial charge in [0.2, 0.25) is 0 Å². The maximum Gasteiger partial charge on any atom is 0.127 e. The summed E-state index contributed by atoms with van der Waals surface area (Å²) in [5.74, 6) is 1.58. The number of hydrogen-bond acceptors (Lipinski definition) is 2. The highest BCUT2D eigenvalue weighted by Crippen LogP contribution is 2.14. The molecule has 1 heterocycles. The van der Waals surface area contributed by atoms with Crippen LogP contribution in [0, 0.1) is 12.0 Å². The van der Waals surface area contributed by atoms with Crippen LogP contribution in [0.15, 0.2) is 24.3 Å². The predicted molar refractivity (Wildman–Crippen MR) is 56.4 cm³/mol. The fraction of sp³-hybridized carbons (Fsp3) is 0.500. The van der Waals surface area contributed by atoms with E-state index in [4.69, 9.17) is 4.74 Å². The molecular formula is C12H16NO. The van der Waals surface area contributed by atoms with E-state index in [-0.39, 0.29) is 0 Å². The van der Waals surface area contributed by atoms with E-state index < -0.39 is 0 Å². The lowest BCUT2D eigenvalue weighted by molar-refractivity contribution is 0.215. The Bertz CT molecular complexity index is 254. The standard InChI is InChI=1S/C12H16NO/c1-2-4-12(5-3-1)14-10-11-6-8-13-9-7-11/h1-4,11,13H,6-10H2. The van der Waals surface area contributed by atoms with E-state index >= 15 is 0 Å². The summed E-state index contributed by atoms with van der Waals surface area (Å²) in [5.41, 5.74) is 0. The predicted octanol–water partition coefficient (Wildman–Crippen LogP) is 1.87. The van der Waals surface area contributed by atoms with Crippen molar-refractivity contribution in [1.82, 2.24) is 5.32 Å². The second kappa shape index (κ2) is 5.01. The minimum atomic E-state index is 0.713. The van der Waals surface area contributed by atoms with Crippen molar-refractivity contribution >= 4 is 0 Å². The second-order valence-corrected chi connectivity index (χ2v) is 3.73. The summed E-state index contributed by atoms with van der Waals surface area (Å²) in [5, 5.41) is 3.35. The van der Waals surface area contributed by atoms with Crippen molar-refractivity contribution in [3.05, 3.63) is 30.3 Å². The van der Waals surface area contributed by atoms with E-state index in [1.54, 1.807) is 0 Å². The van der Waals surface area contributed by atoms with Crippen LogP contribution in [0.3, 0.4) is 0 Å². The summed E-state index contributed by atoms with van der Waals surface area (Å²) in [6, 6.07) is 10.9. The first-order chi connectivity index (χ1) is 6.95. The number of benzene rings is 1. The first kappa shape index (κ1) is 9.53. The molecular weight excluding hydrogens is 174 g/mol. The summed E-state index contributed by atoms with van der Waals surface area (Å²) in [4.78, 5) is 0. The largest absolute Gasteiger partial charge is 0.493 e. The van der Waals surface area contributed by atoms with E-state index in [1.165, 1.54) is 12.8 Å². The van der Waals surface area contributed by atoms with Gasteiger partial charge >= 0.3 is 0 Å². The lowest BCUT2D eigenvalue weighted by Crippen LogP contribution is -2.30. The fourth-order valence-electron chi connectivity index (χ4n) is 1.72. The van der Waals surface area contributed by atoms with Crippen LogP contribution in [0.5, 0.6) is 5.75 Å². The highest BCUT2D eigenvalue weighted by atomic mass is 16.5. The number of para-hydroxylation sites is 1. The molecule has 1 saturated heterocycles. The maximum absolute atomic E-state index is 5.66. The molecule has 0 aliphatic carbocycles. The van der Waals surface area contributed by atoms with E-state index in [9.17, 15) is 0 Å². The van der Waals surface area contributed by atoms with Crippen LogP contribution < -0.4 is 10.1 Å². The molecule has 2 nitrogen and oxygen atoms in total. The van der Waals surface area contributed by atoms with E-state index in [0.717, 1.165) is 25.4 Å². The lowest BCUT2D eigenvalue weighted by atomic mass is 9.99. The molecule has 1 fully saturated rings. The molecule has 14 heavy (non-hydrogen) atoms. The molecule has 0 spiro atoms. The Labute approximate surface area is 85.3 Å². The average molecular weight is 190 g/mol. The van der Waals surface area contributed by atoms with Gasteiger partial charge in [-0.1, -0.05) is 18.2 Å². The van der Waals surface area contributed by atoms with Gasteiger partial charge in [0, 0.05) is 6.07 Å². The Morgan fingerprint density at radius 3 is 2.93 bits per heavy atom. The number of ether oxygens (including phenoxy) is 1. The zero-order chi connectivity index (χ0) is 9.64. The maximum atomic E-state index is 5.66. The number of hydrogen-bond donors (Lipinski definition) is 1. The lowest BCUT2D eigenvalue weighted by Gasteiger charge is -2.22. The van der Waals surface area contributed by atoms with Crippen LogP contribution in [-0.4, -0.2) is 19.7 Å². The number of piperidine rings is 1. The normalized spacial score (nSPS) is 18.0. The zero-order valence-electron chi connectivity index (χ0n) is 8.33. The van der Waals surface area contributed by atoms with Crippen molar-refractivity contribution < 1.29 is 4.74 Å². The molecule has 1 aromatic carbocycles. The van der Waals surface area contributed by atoms with Crippen molar-refractivity contribution in [2.24, 2.45) is 5.92 Å². The smallest absolute Gasteiger partial charge is 0.127 e. The highest BCUT2D eigenvalue weighted by molar-refractivity contribution is 5.19. The van der Waals surface area contributed by atoms with Crippen LogP contribution in [0.1, 0.15) is 12.8 Å². The highest BCUT2D eigenvalue weighted by Gasteiger charge is 2.13. The summed E-state index contributed by atoms with van der Waals surface area (Å²) in [6.07, 6.45) is 2.46. The molecule has 1 aliphatic rings. The summed E-state index contributed by atoms with van der Waals surface area (Å²) in [7, 11) is 0. The van der Waals surface area contributed by atoms with Gasteiger partial charge in [0.05, 0.1) is 6.61 Å². The van der Waals surface area contributed by atoms with Crippen LogP contribution >= 0.6 is 0 Å². The first-order valence-electron chi connectivity index (χ1n) is 5.25. The Morgan fingerprint density at radius 2 is 2.21 bits per heavy atom. The van der Waals surface area contributed by atoms with Crippen molar-refractivity contribution in [3.63, 3.8) is 0 Å². The molecule has 0 unspecified atom stereocenters. The molecule has 0 aromatic heterocycles. The molecule has 0 amide bonds. The molecule has 1 radical (unpaired) electrons. The van der Waals surface area contributed by atoms with E-state index in [2.05, 4.69) is 11.4 Å². The van der Waals surface area contributed by atoms with Gasteiger partial charge in [-0.15, -0.1) is 0 Å². The summed E-state index contributed by atoms with van der Waals surface area (Å²) < 4.78 is 5.66. The van der Waals surface area contributed by atoms with Crippen molar-refractivity contribution in [2.45, 2.75) is 12.8 Å². The Hall–Kier alpha value is -1.02. The Morgan fingerprint density at radius 1 is 1.36 bits per heavy atom. The minimum absolute atomic E-state index is 0.713. The number of rotatable bonds is 3. The average Bonchev–Trinajstić information content (AvgIpc) is 2.29. The number of nitrogens with one attached hydrogen (secondary N) is 1. The van der Waals surface area contributed by atoms with Crippen molar-refractivity contribution in [2.75, 3.05) is 19.7 Å². The first-order valence-corrected chi connectivity index (χ1v) is 5.25. The van der Waals surface area contributed by atoms with E-state index in [0.29, 0.717) is 5.92 Å². The summed E-state index contributed by atoms with van der Waals surface area (Å²) in [6.45, 7) is 3.10. The Kier molecular flexibility index (Phi) is 3.41. The minimum Gasteiger partial charge on any atom is -0.493 e. The van der Waals surface area contributed by atoms with Gasteiger partial charge in [-0.25, -0.2) is 0 Å². The second-order valence-electron chi connectivity index (χ2n) is 3.73. The van der Waals surface area contributed by atoms with Crippen LogP contribution in [0.25, 0.3) is 0 Å². The van der Waals surface area contributed by atoms with E-state index in [1.807, 2.05) is 24.3 Å². The van der Waals surface area contributed by atoms with Gasteiger partial charge in [0.1, 0.15) is 5.75 Å². The third-order valence-electron chi connectivity index (χ3n) is 2.61. The fourth-order valence-corrected chi connectivity index (χ4v) is 1.72. The third kappa shape index (κ3) is 2.74. The van der Waals surface area contributed by atoms with Gasteiger partial charge in [-0.2, -0.15) is 0 Å². The topological polar surface area (TPSA) is 21.3 Å². The molecule has 1 aromatic rings. The van der Waals surface area contributed by atoms with Gasteiger partial charge < -0.3 is 10.1 Å². The molecule has 2 rings (SSSR count). The molecule has 75 valence electrons. The van der Waals surface area contributed by atoms with Crippen molar-refractivity contribution in [3.8, 4) is 5.75 Å². The summed E-state index contributed by atoms with van der Waals surface area (Å²) >= 11 is 0. The molecule has 0 saturated carbocycles. The van der Waals surface area contributed by atoms with Gasteiger partial charge in [0.25, 0.3) is 0 Å². The van der Waals surface area contributed by atoms with Gasteiger partial charge in [-0.05, 0) is 37.9 Å². The van der Waals surface area contributed by atoms with Crippen LogP contribution in [-0.2, 0) is 0 Å². The molecule has 1 aliphatic heterocycles. The Balaban J connectivity index is 1.76. The van der Waals surface area contributed by atoms with Crippen molar-refractivity contribution in [1.29, 1.82) is 0 Å². The van der Waals surface area contributed by atoms with Crippen LogP contribution in [0.2, 0.25) is 0 Å². The van der Waals surface area contributed by atoms with Gasteiger partial charge in [0.15, 0.2) is 0 Å². The zero-order valence-corrected chi connectivity index (χ0v) is 8.33.